The predicted octanol–water partition coefficient (Wildman–Crippen LogP) is 3.94. The van der Waals surface area contributed by atoms with Crippen molar-refractivity contribution in [2.24, 2.45) is 0 Å². The molecule has 0 radical (unpaired) electrons. The summed E-state index contributed by atoms with van der Waals surface area (Å²) in [6, 6.07) is 6.00. The number of carbonyl (C=O) groups excluding carboxylic acids is 1. The van der Waals surface area contributed by atoms with E-state index < -0.39 is 5.82 Å². The van der Waals surface area contributed by atoms with Crippen molar-refractivity contribution >= 4 is 23.2 Å². The molecule has 0 saturated heterocycles. The summed E-state index contributed by atoms with van der Waals surface area (Å²) in [5, 5.41) is 3.93. The number of fused-ring (bicyclic) bond motifs is 1. The fraction of sp³-hybridized carbons (Fsp3) is 0.133. The van der Waals surface area contributed by atoms with Gasteiger partial charge in [-0.15, -0.1) is 0 Å². The van der Waals surface area contributed by atoms with Crippen molar-refractivity contribution in [1.82, 2.24) is 0 Å². The molecule has 96 valence electrons. The Morgan fingerprint density at radius 3 is 3.00 bits per heavy atom. The van der Waals surface area contributed by atoms with E-state index in [-0.39, 0.29) is 5.78 Å². The number of benzene rings is 1. The number of hydrogen-bond donors (Lipinski definition) is 0. The van der Waals surface area contributed by atoms with Gasteiger partial charge in [0.15, 0.2) is 5.78 Å². The van der Waals surface area contributed by atoms with Crippen LogP contribution < -0.4 is 4.74 Å². The minimum atomic E-state index is -0.424. The smallest absolute Gasteiger partial charge is 0.192 e. The van der Waals surface area contributed by atoms with Gasteiger partial charge in [-0.05, 0) is 46.7 Å². The van der Waals surface area contributed by atoms with Gasteiger partial charge in [-0.2, -0.15) is 11.3 Å². The minimum Gasteiger partial charge on any atom is -0.492 e. The highest BCUT2D eigenvalue weighted by Gasteiger charge is 2.21. The van der Waals surface area contributed by atoms with Gasteiger partial charge < -0.3 is 4.74 Å². The number of ketones is 1. The van der Waals surface area contributed by atoms with E-state index in [1.54, 1.807) is 11.3 Å². The lowest BCUT2D eigenvalue weighted by molar-refractivity contribution is 0.103. The average molecular weight is 274 g/mol. The largest absolute Gasteiger partial charge is 0.492 e. The molecule has 0 N–H and O–H groups in total. The Balaban J connectivity index is 2.04. The Hall–Kier alpha value is -1.94. The second kappa shape index (κ2) is 4.97. The van der Waals surface area contributed by atoms with E-state index in [1.165, 1.54) is 18.2 Å². The van der Waals surface area contributed by atoms with Crippen LogP contribution in [-0.2, 0) is 0 Å². The van der Waals surface area contributed by atoms with Crippen LogP contribution in [0.5, 0.6) is 5.75 Å². The summed E-state index contributed by atoms with van der Waals surface area (Å²) in [4.78, 5) is 12.4. The van der Waals surface area contributed by atoms with Gasteiger partial charge in [0.2, 0.25) is 0 Å². The van der Waals surface area contributed by atoms with Crippen LogP contribution in [0.15, 0.2) is 40.6 Å². The molecule has 2 nitrogen and oxygen atoms in total. The van der Waals surface area contributed by atoms with Crippen molar-refractivity contribution in [2.45, 2.75) is 6.42 Å². The van der Waals surface area contributed by atoms with Gasteiger partial charge >= 0.3 is 0 Å². The third-order valence-electron chi connectivity index (χ3n) is 2.99. The van der Waals surface area contributed by atoms with Crippen LogP contribution in [0, 0.1) is 5.82 Å². The molecular weight excluding hydrogens is 263 g/mol. The minimum absolute atomic E-state index is 0.154. The maximum Gasteiger partial charge on any atom is 0.192 e. The number of rotatable bonds is 1. The van der Waals surface area contributed by atoms with Gasteiger partial charge in [-0.25, -0.2) is 4.39 Å². The molecule has 0 atom stereocenters. The van der Waals surface area contributed by atoms with Gasteiger partial charge in [0.25, 0.3) is 0 Å². The maximum atomic E-state index is 13.3. The molecule has 0 saturated carbocycles. The lowest BCUT2D eigenvalue weighted by Crippen LogP contribution is -2.02. The fourth-order valence-electron chi connectivity index (χ4n) is 2.06. The highest BCUT2D eigenvalue weighted by Crippen LogP contribution is 2.28. The first-order valence-electron chi connectivity index (χ1n) is 5.94. The summed E-state index contributed by atoms with van der Waals surface area (Å²) in [6.07, 6.45) is 2.38. The zero-order valence-electron chi connectivity index (χ0n) is 10.1. The fourth-order valence-corrected chi connectivity index (χ4v) is 2.68. The van der Waals surface area contributed by atoms with E-state index in [0.29, 0.717) is 29.9 Å². The molecule has 0 fully saturated rings. The molecule has 0 unspecified atom stereocenters. The van der Waals surface area contributed by atoms with Crippen molar-refractivity contribution in [1.29, 1.82) is 0 Å². The molecule has 19 heavy (non-hydrogen) atoms. The topological polar surface area (TPSA) is 26.3 Å². The Morgan fingerprint density at radius 2 is 2.21 bits per heavy atom. The van der Waals surface area contributed by atoms with E-state index in [0.717, 1.165) is 5.56 Å². The summed E-state index contributed by atoms with van der Waals surface area (Å²) in [5.74, 6) is -0.120. The second-order valence-corrected chi connectivity index (χ2v) is 5.07. The first-order valence-corrected chi connectivity index (χ1v) is 6.88. The number of hydrogen-bond acceptors (Lipinski definition) is 3. The summed E-state index contributed by atoms with van der Waals surface area (Å²) in [7, 11) is 0. The number of thiophene rings is 1. The molecule has 1 aromatic carbocycles. The monoisotopic (exact) mass is 274 g/mol. The summed E-state index contributed by atoms with van der Waals surface area (Å²) >= 11 is 1.58. The van der Waals surface area contributed by atoms with Gasteiger partial charge in [0.05, 0.1) is 12.2 Å². The van der Waals surface area contributed by atoms with Crippen LogP contribution in [0.25, 0.3) is 6.08 Å². The van der Waals surface area contributed by atoms with Crippen molar-refractivity contribution in [3.8, 4) is 5.75 Å². The number of Topliss-reactive ketones (excluding diaryl/α,β-unsaturated/α-hetero) is 1. The lowest BCUT2D eigenvalue weighted by atomic mass is 10.00. The third-order valence-corrected chi connectivity index (χ3v) is 3.69. The molecular formula is C15H11FO2S. The number of halogens is 1. The molecule has 0 aliphatic carbocycles. The van der Waals surface area contributed by atoms with E-state index in [1.807, 2.05) is 22.9 Å². The van der Waals surface area contributed by atoms with Gasteiger partial charge in [0.1, 0.15) is 11.6 Å². The second-order valence-electron chi connectivity index (χ2n) is 4.29. The molecule has 2 aromatic rings. The molecule has 0 amide bonds. The highest BCUT2D eigenvalue weighted by atomic mass is 32.1. The van der Waals surface area contributed by atoms with Crippen LogP contribution in [-0.4, -0.2) is 12.4 Å². The molecule has 4 heteroatoms. The first-order chi connectivity index (χ1) is 9.24. The highest BCUT2D eigenvalue weighted by molar-refractivity contribution is 7.08. The quantitative estimate of drug-likeness (QED) is 0.736. The van der Waals surface area contributed by atoms with E-state index >= 15 is 0 Å². The van der Waals surface area contributed by atoms with Crippen molar-refractivity contribution < 1.29 is 13.9 Å². The summed E-state index contributed by atoms with van der Waals surface area (Å²) in [6.45, 7) is 0.431. The first kappa shape index (κ1) is 12.1. The van der Waals surface area contributed by atoms with Crippen molar-refractivity contribution in [3.63, 3.8) is 0 Å². The molecule has 2 heterocycles. The zero-order chi connectivity index (χ0) is 13.2. The van der Waals surface area contributed by atoms with E-state index in [2.05, 4.69) is 0 Å². The standard InChI is InChI=1S/C15H11FO2S/c16-12-1-2-14-13(8-12)15(17)11(3-5-18-14)7-10-4-6-19-9-10/h1-2,4,6-9H,3,5H2/b11-7+. The summed E-state index contributed by atoms with van der Waals surface area (Å²) in [5.41, 5.74) is 1.95. The maximum absolute atomic E-state index is 13.3. The average Bonchev–Trinajstić information content (AvgIpc) is 2.86. The number of carbonyl (C=O) groups is 1. The van der Waals surface area contributed by atoms with Crippen molar-refractivity contribution in [3.05, 3.63) is 57.5 Å². The van der Waals surface area contributed by atoms with Gasteiger partial charge in [0, 0.05) is 12.0 Å². The molecule has 1 aliphatic rings. The SMILES string of the molecule is O=C1/C(=C/c2ccsc2)CCOc2ccc(F)cc21. The van der Waals surface area contributed by atoms with Crippen LogP contribution in [0.3, 0.4) is 0 Å². The van der Waals surface area contributed by atoms with Crippen LogP contribution in [0.4, 0.5) is 4.39 Å². The summed E-state index contributed by atoms with van der Waals surface area (Å²) < 4.78 is 18.8. The van der Waals surface area contributed by atoms with Crippen LogP contribution in [0.1, 0.15) is 22.3 Å². The van der Waals surface area contributed by atoms with E-state index in [9.17, 15) is 9.18 Å². The normalized spacial score (nSPS) is 16.9. The van der Waals surface area contributed by atoms with Crippen LogP contribution >= 0.6 is 11.3 Å². The zero-order valence-corrected chi connectivity index (χ0v) is 10.9. The third kappa shape index (κ3) is 2.44. The Kier molecular flexibility index (Phi) is 3.17. The lowest BCUT2D eigenvalue weighted by Gasteiger charge is -2.04. The van der Waals surface area contributed by atoms with Crippen LogP contribution in [0.2, 0.25) is 0 Å². The molecule has 3 rings (SSSR count). The van der Waals surface area contributed by atoms with Gasteiger partial charge in [-0.3, -0.25) is 4.79 Å². The Labute approximate surface area is 114 Å². The molecule has 1 aromatic heterocycles. The predicted molar refractivity (Wildman–Crippen MR) is 73.1 cm³/mol. The molecule has 0 spiro atoms. The van der Waals surface area contributed by atoms with Gasteiger partial charge in [-0.1, -0.05) is 0 Å². The van der Waals surface area contributed by atoms with Crippen molar-refractivity contribution in [2.75, 3.05) is 6.61 Å². The Bertz CT molecular complexity index is 644. The van der Waals surface area contributed by atoms with E-state index in [4.69, 9.17) is 4.74 Å². The number of ether oxygens (including phenoxy) is 1. The molecule has 1 aliphatic heterocycles. The molecule has 0 bridgehead atoms. The Morgan fingerprint density at radius 1 is 1.32 bits per heavy atom.